The van der Waals surface area contributed by atoms with Crippen LogP contribution in [0.1, 0.15) is 11.3 Å². The third-order valence-electron chi connectivity index (χ3n) is 3.65. The fourth-order valence-corrected chi connectivity index (χ4v) is 3.22. The normalized spacial score (nSPS) is 10.9. The summed E-state index contributed by atoms with van der Waals surface area (Å²) in [6.07, 6.45) is 2.58. The lowest BCUT2D eigenvalue weighted by Crippen LogP contribution is -2.26. The van der Waals surface area contributed by atoms with Crippen LogP contribution in [0.5, 0.6) is 0 Å². The third-order valence-corrected chi connectivity index (χ3v) is 4.51. The van der Waals surface area contributed by atoms with E-state index in [0.717, 1.165) is 6.54 Å². The van der Waals surface area contributed by atoms with E-state index in [1.165, 1.54) is 15.8 Å². The molecule has 4 heteroatoms. The largest absolute Gasteiger partial charge is 0.347 e. The van der Waals surface area contributed by atoms with Crippen LogP contribution in [0.4, 0.5) is 0 Å². The topological polar surface area (TPSA) is 25.2 Å². The Morgan fingerprint density at radius 1 is 1.19 bits per heavy atom. The lowest BCUT2D eigenvalue weighted by Gasteiger charge is -2.16. The number of para-hydroxylation sites is 1. The number of nitrogens with zero attached hydrogens (tertiary/aromatic N) is 2. The van der Waals surface area contributed by atoms with Gasteiger partial charge in [0.2, 0.25) is 5.91 Å². The Hall–Kier alpha value is -2.07. The first-order chi connectivity index (χ1) is 10.2. The van der Waals surface area contributed by atoms with Crippen LogP contribution in [-0.4, -0.2) is 22.4 Å². The van der Waals surface area contributed by atoms with Crippen molar-refractivity contribution in [3.05, 3.63) is 58.9 Å². The van der Waals surface area contributed by atoms with Crippen molar-refractivity contribution in [2.45, 2.75) is 19.5 Å². The Morgan fingerprint density at radius 2 is 2.05 bits per heavy atom. The monoisotopic (exact) mass is 298 g/mol. The van der Waals surface area contributed by atoms with Crippen LogP contribution >= 0.6 is 11.3 Å². The number of fused-ring (bicyclic) bond motifs is 1. The summed E-state index contributed by atoms with van der Waals surface area (Å²) in [5, 5.41) is 3.26. The van der Waals surface area contributed by atoms with Crippen molar-refractivity contribution in [1.82, 2.24) is 9.47 Å². The molecule has 0 fully saturated rings. The maximum absolute atomic E-state index is 12.2. The molecular formula is C17H18N2OS. The molecule has 0 saturated carbocycles. The lowest BCUT2D eigenvalue weighted by molar-refractivity contribution is -0.130. The molecule has 0 bridgehead atoms. The van der Waals surface area contributed by atoms with Gasteiger partial charge in [-0.25, -0.2) is 0 Å². The number of carbonyl (C=O) groups excluding carboxylic acids is 1. The van der Waals surface area contributed by atoms with Gasteiger partial charge in [0.15, 0.2) is 0 Å². The maximum Gasteiger partial charge on any atom is 0.224 e. The number of aryl methyl sites for hydroxylation is 1. The van der Waals surface area contributed by atoms with Crippen LogP contribution in [0.3, 0.4) is 0 Å². The number of amides is 1. The van der Waals surface area contributed by atoms with Gasteiger partial charge in [-0.2, -0.15) is 0 Å². The minimum atomic E-state index is 0.182. The molecule has 0 saturated heterocycles. The van der Waals surface area contributed by atoms with E-state index in [9.17, 15) is 4.79 Å². The number of carbonyl (C=O) groups is 1. The summed E-state index contributed by atoms with van der Waals surface area (Å²) in [6.45, 7) is 1.42. The highest BCUT2D eigenvalue weighted by atomic mass is 32.1. The van der Waals surface area contributed by atoms with E-state index in [-0.39, 0.29) is 5.91 Å². The van der Waals surface area contributed by atoms with E-state index >= 15 is 0 Å². The van der Waals surface area contributed by atoms with Gasteiger partial charge in [0.25, 0.3) is 0 Å². The highest BCUT2D eigenvalue weighted by molar-refractivity contribution is 7.09. The second kappa shape index (κ2) is 6.14. The highest BCUT2D eigenvalue weighted by Gasteiger charge is 2.10. The molecule has 0 atom stereocenters. The molecule has 0 unspecified atom stereocenters. The molecule has 21 heavy (non-hydrogen) atoms. The number of benzene rings is 1. The summed E-state index contributed by atoms with van der Waals surface area (Å²) in [7, 11) is 1.87. The lowest BCUT2D eigenvalue weighted by atomic mass is 10.2. The van der Waals surface area contributed by atoms with E-state index in [1.54, 1.807) is 16.2 Å². The molecule has 0 N–H and O–H groups in total. The zero-order valence-electron chi connectivity index (χ0n) is 12.0. The maximum atomic E-state index is 12.2. The van der Waals surface area contributed by atoms with Gasteiger partial charge in [-0.15, -0.1) is 11.3 Å². The first-order valence-corrected chi connectivity index (χ1v) is 7.92. The Balaban J connectivity index is 1.60. The predicted octanol–water partition coefficient (Wildman–Crippen LogP) is 3.75. The van der Waals surface area contributed by atoms with E-state index in [2.05, 4.69) is 35.0 Å². The number of rotatable bonds is 5. The van der Waals surface area contributed by atoms with Crippen molar-refractivity contribution in [2.24, 2.45) is 0 Å². The molecule has 1 aromatic carbocycles. The summed E-state index contributed by atoms with van der Waals surface area (Å²) in [5.74, 6) is 0.182. The van der Waals surface area contributed by atoms with Gasteiger partial charge in [-0.1, -0.05) is 24.3 Å². The molecule has 108 valence electrons. The molecule has 0 aliphatic rings. The highest BCUT2D eigenvalue weighted by Crippen LogP contribution is 2.16. The van der Waals surface area contributed by atoms with Crippen LogP contribution < -0.4 is 0 Å². The van der Waals surface area contributed by atoms with Crippen LogP contribution in [0, 0.1) is 0 Å². The van der Waals surface area contributed by atoms with Crippen LogP contribution in [0.25, 0.3) is 10.9 Å². The minimum absolute atomic E-state index is 0.182. The standard InChI is InChI=1S/C17H18N2OS/c1-18(13-15-6-4-12-21-15)17(20)9-11-19-10-8-14-5-2-3-7-16(14)19/h2-8,10,12H,9,11,13H2,1H3. The molecule has 3 aromatic rings. The van der Waals surface area contributed by atoms with Crippen LogP contribution in [0.15, 0.2) is 54.0 Å². The van der Waals surface area contributed by atoms with Gasteiger partial charge in [0.05, 0.1) is 6.54 Å². The van der Waals surface area contributed by atoms with Gasteiger partial charge in [0.1, 0.15) is 0 Å². The fraction of sp³-hybridized carbons (Fsp3) is 0.235. The van der Waals surface area contributed by atoms with Gasteiger partial charge < -0.3 is 9.47 Å². The number of aromatic nitrogens is 1. The van der Waals surface area contributed by atoms with Crippen molar-refractivity contribution >= 4 is 28.1 Å². The Kier molecular flexibility index (Phi) is 4.06. The quantitative estimate of drug-likeness (QED) is 0.704. The smallest absolute Gasteiger partial charge is 0.224 e. The summed E-state index contributed by atoms with van der Waals surface area (Å²) < 4.78 is 2.15. The fourth-order valence-electron chi connectivity index (χ4n) is 2.47. The molecule has 1 amide bonds. The minimum Gasteiger partial charge on any atom is -0.347 e. The van der Waals surface area contributed by atoms with Gasteiger partial charge >= 0.3 is 0 Å². The molecule has 0 radical (unpaired) electrons. The number of hydrogen-bond acceptors (Lipinski definition) is 2. The molecule has 0 aliphatic carbocycles. The second-order valence-corrected chi connectivity index (χ2v) is 6.18. The van der Waals surface area contributed by atoms with Gasteiger partial charge in [0, 0.05) is 36.6 Å². The Morgan fingerprint density at radius 3 is 2.86 bits per heavy atom. The van der Waals surface area contributed by atoms with E-state index in [1.807, 2.05) is 30.6 Å². The summed E-state index contributed by atoms with van der Waals surface area (Å²) in [4.78, 5) is 15.2. The molecule has 2 aromatic heterocycles. The number of thiophene rings is 1. The molecule has 2 heterocycles. The molecule has 3 rings (SSSR count). The van der Waals surface area contributed by atoms with Gasteiger partial charge in [-0.3, -0.25) is 4.79 Å². The SMILES string of the molecule is CN(Cc1cccs1)C(=O)CCn1ccc2ccccc21. The van der Waals surface area contributed by atoms with Gasteiger partial charge in [-0.05, 0) is 29.0 Å². The summed E-state index contributed by atoms with van der Waals surface area (Å²) in [5.41, 5.74) is 1.19. The first kappa shape index (κ1) is 13.9. The van der Waals surface area contributed by atoms with E-state index in [4.69, 9.17) is 0 Å². The van der Waals surface area contributed by atoms with Crippen LogP contribution in [-0.2, 0) is 17.9 Å². The van der Waals surface area contributed by atoms with Crippen molar-refractivity contribution in [2.75, 3.05) is 7.05 Å². The van der Waals surface area contributed by atoms with Crippen molar-refractivity contribution in [3.63, 3.8) is 0 Å². The molecule has 3 nitrogen and oxygen atoms in total. The predicted molar refractivity (Wildman–Crippen MR) is 87.3 cm³/mol. The van der Waals surface area contributed by atoms with E-state index < -0.39 is 0 Å². The van der Waals surface area contributed by atoms with Crippen molar-refractivity contribution in [1.29, 1.82) is 0 Å². The second-order valence-electron chi connectivity index (χ2n) is 5.15. The Bertz CT molecular complexity index is 730. The molecular weight excluding hydrogens is 280 g/mol. The zero-order chi connectivity index (χ0) is 14.7. The first-order valence-electron chi connectivity index (χ1n) is 7.04. The summed E-state index contributed by atoms with van der Waals surface area (Å²) in [6, 6.07) is 14.4. The summed E-state index contributed by atoms with van der Waals surface area (Å²) >= 11 is 1.69. The third kappa shape index (κ3) is 3.16. The molecule has 0 spiro atoms. The van der Waals surface area contributed by atoms with Crippen molar-refractivity contribution < 1.29 is 4.79 Å². The van der Waals surface area contributed by atoms with Crippen molar-refractivity contribution in [3.8, 4) is 0 Å². The van der Waals surface area contributed by atoms with E-state index in [0.29, 0.717) is 13.0 Å². The zero-order valence-corrected chi connectivity index (χ0v) is 12.8. The average molecular weight is 298 g/mol. The number of hydrogen-bond donors (Lipinski definition) is 0. The van der Waals surface area contributed by atoms with Crippen LogP contribution in [0.2, 0.25) is 0 Å². The molecule has 0 aliphatic heterocycles. The average Bonchev–Trinajstić information content (AvgIpc) is 3.14. The Labute approximate surface area is 128 Å².